The van der Waals surface area contributed by atoms with Gasteiger partial charge in [-0.2, -0.15) is 5.10 Å². The van der Waals surface area contributed by atoms with Crippen molar-refractivity contribution in [1.29, 1.82) is 0 Å². The zero-order valence-corrected chi connectivity index (χ0v) is 17.2. The lowest BCUT2D eigenvalue weighted by molar-refractivity contribution is -0.121. The Morgan fingerprint density at radius 2 is 1.47 bits per heavy atom. The first-order valence-corrected chi connectivity index (χ1v) is 10.1. The van der Waals surface area contributed by atoms with Crippen LogP contribution in [0, 0.1) is 5.92 Å². The molecule has 0 N–H and O–H groups in total. The number of rotatable bonds is 5. The molecule has 1 fully saturated rings. The molecule has 2 aliphatic heterocycles. The van der Waals surface area contributed by atoms with Crippen molar-refractivity contribution in [3.05, 3.63) is 90.5 Å². The van der Waals surface area contributed by atoms with Crippen LogP contribution in [-0.2, 0) is 9.59 Å². The Hall–Kier alpha value is -4.26. The Morgan fingerprint density at radius 1 is 0.844 bits per heavy atom. The molecule has 0 spiro atoms. The minimum absolute atomic E-state index is 0.0563. The number of fused-ring (bicyclic) bond motifs is 1. The number of imide groups is 1. The van der Waals surface area contributed by atoms with Gasteiger partial charge in [-0.25, -0.2) is 4.90 Å². The highest BCUT2D eigenvalue weighted by Gasteiger charge is 2.59. The molecule has 2 atom stereocenters. The van der Waals surface area contributed by atoms with Gasteiger partial charge in [0.25, 0.3) is 5.91 Å². The first kappa shape index (κ1) is 19.7. The molecule has 7 nitrogen and oxygen atoms in total. The number of amides is 2. The van der Waals surface area contributed by atoms with E-state index in [9.17, 15) is 14.4 Å². The average molecular weight is 425 g/mol. The minimum atomic E-state index is -1.01. The molecule has 158 valence electrons. The van der Waals surface area contributed by atoms with Crippen molar-refractivity contribution in [3.8, 4) is 5.75 Å². The summed E-state index contributed by atoms with van der Waals surface area (Å²) in [7, 11) is 1.48. The van der Waals surface area contributed by atoms with Crippen LogP contribution in [0.3, 0.4) is 0 Å². The lowest BCUT2D eigenvalue weighted by atomic mass is 9.92. The normalized spacial score (nSPS) is 19.7. The van der Waals surface area contributed by atoms with Gasteiger partial charge in [-0.1, -0.05) is 60.7 Å². The lowest BCUT2D eigenvalue weighted by Crippen LogP contribution is -2.39. The minimum Gasteiger partial charge on any atom is -0.495 e. The van der Waals surface area contributed by atoms with E-state index in [4.69, 9.17) is 4.74 Å². The maximum absolute atomic E-state index is 13.6. The second kappa shape index (κ2) is 7.77. The molecule has 2 heterocycles. The van der Waals surface area contributed by atoms with Crippen molar-refractivity contribution in [2.75, 3.05) is 17.0 Å². The van der Waals surface area contributed by atoms with Gasteiger partial charge in [-0.3, -0.25) is 19.4 Å². The van der Waals surface area contributed by atoms with Crippen LogP contribution >= 0.6 is 0 Å². The molecule has 2 aliphatic rings. The van der Waals surface area contributed by atoms with E-state index in [1.807, 2.05) is 18.2 Å². The van der Waals surface area contributed by atoms with E-state index in [0.717, 1.165) is 4.90 Å². The summed E-state index contributed by atoms with van der Waals surface area (Å²) in [5.41, 5.74) is 1.44. The van der Waals surface area contributed by atoms with Gasteiger partial charge >= 0.3 is 0 Å². The molecule has 0 aliphatic carbocycles. The monoisotopic (exact) mass is 425 g/mol. The fourth-order valence-electron chi connectivity index (χ4n) is 4.19. The molecule has 0 unspecified atom stereocenters. The van der Waals surface area contributed by atoms with E-state index >= 15 is 0 Å². The molecule has 0 bridgehead atoms. The first-order valence-electron chi connectivity index (χ1n) is 10.1. The van der Waals surface area contributed by atoms with E-state index in [2.05, 4.69) is 5.10 Å². The number of carbonyl (C=O) groups is 3. The number of hydrogen-bond donors (Lipinski definition) is 0. The molecule has 7 heteroatoms. The Kier molecular flexibility index (Phi) is 4.78. The molecular formula is C25H19N3O4. The summed E-state index contributed by atoms with van der Waals surface area (Å²) in [6.07, 6.45) is 0. The molecule has 5 rings (SSSR count). The fraction of sp³-hybridized carbons (Fsp3) is 0.120. The summed E-state index contributed by atoms with van der Waals surface area (Å²) >= 11 is 0. The smallest absolute Gasteiger partial charge is 0.260 e. The van der Waals surface area contributed by atoms with E-state index < -0.39 is 23.8 Å². The number of benzene rings is 3. The van der Waals surface area contributed by atoms with Gasteiger partial charge in [-0.05, 0) is 24.3 Å². The van der Waals surface area contributed by atoms with Crippen molar-refractivity contribution in [3.63, 3.8) is 0 Å². The number of methoxy groups -OCH3 is 1. The van der Waals surface area contributed by atoms with E-state index in [1.54, 1.807) is 66.7 Å². The van der Waals surface area contributed by atoms with Gasteiger partial charge in [0.15, 0.2) is 0 Å². The Bertz CT molecular complexity index is 1240. The quantitative estimate of drug-likeness (QED) is 0.463. The van der Waals surface area contributed by atoms with Gasteiger partial charge < -0.3 is 4.74 Å². The van der Waals surface area contributed by atoms with Crippen LogP contribution in [0.4, 0.5) is 11.4 Å². The first-order chi connectivity index (χ1) is 15.6. The van der Waals surface area contributed by atoms with Gasteiger partial charge in [-0.15, -0.1) is 0 Å². The molecule has 0 saturated carbocycles. The number of carbonyl (C=O) groups excluding carboxylic acids is 3. The zero-order valence-electron chi connectivity index (χ0n) is 17.2. The topological polar surface area (TPSA) is 79.3 Å². The number of hydrogen-bond acceptors (Lipinski definition) is 6. The van der Waals surface area contributed by atoms with Gasteiger partial charge in [0, 0.05) is 5.56 Å². The third-order valence-corrected chi connectivity index (χ3v) is 5.66. The third kappa shape index (κ3) is 2.98. The van der Waals surface area contributed by atoms with Gasteiger partial charge in [0.2, 0.25) is 11.7 Å². The highest BCUT2D eigenvalue weighted by atomic mass is 16.5. The Labute approximate surface area is 184 Å². The second-order valence-corrected chi connectivity index (χ2v) is 7.47. The summed E-state index contributed by atoms with van der Waals surface area (Å²) in [6.45, 7) is 0. The van der Waals surface area contributed by atoms with Crippen LogP contribution in [0.25, 0.3) is 0 Å². The SMILES string of the molecule is COc1ccccc1N1C(=O)[C@H]2C(C(=O)c3ccccc3)=NN(c3ccccc3)[C@H]2C1=O. The van der Waals surface area contributed by atoms with E-state index in [-0.39, 0.29) is 11.5 Å². The predicted octanol–water partition coefficient (Wildman–Crippen LogP) is 3.31. The van der Waals surface area contributed by atoms with E-state index in [1.165, 1.54) is 12.1 Å². The molecule has 32 heavy (non-hydrogen) atoms. The van der Waals surface area contributed by atoms with Crippen molar-refractivity contribution in [1.82, 2.24) is 0 Å². The average Bonchev–Trinajstić information content (AvgIpc) is 3.36. The summed E-state index contributed by atoms with van der Waals surface area (Å²) in [5.74, 6) is -1.94. The Morgan fingerprint density at radius 3 is 2.16 bits per heavy atom. The molecule has 3 aromatic rings. The highest BCUT2D eigenvalue weighted by Crippen LogP contribution is 2.40. The number of nitrogens with zero attached hydrogens (tertiary/aromatic N) is 3. The van der Waals surface area contributed by atoms with Crippen LogP contribution in [-0.4, -0.2) is 36.5 Å². The van der Waals surface area contributed by atoms with Crippen LogP contribution < -0.4 is 14.6 Å². The lowest BCUT2D eigenvalue weighted by Gasteiger charge is -2.22. The maximum atomic E-state index is 13.6. The fourth-order valence-corrected chi connectivity index (χ4v) is 4.19. The van der Waals surface area contributed by atoms with Crippen LogP contribution in [0.15, 0.2) is 90.0 Å². The number of hydrazone groups is 1. The van der Waals surface area contributed by atoms with Crippen molar-refractivity contribution >= 4 is 34.7 Å². The number of para-hydroxylation sites is 3. The molecular weight excluding hydrogens is 406 g/mol. The number of anilines is 2. The second-order valence-electron chi connectivity index (χ2n) is 7.47. The third-order valence-electron chi connectivity index (χ3n) is 5.66. The molecule has 1 saturated heterocycles. The predicted molar refractivity (Wildman–Crippen MR) is 120 cm³/mol. The largest absolute Gasteiger partial charge is 0.495 e. The summed E-state index contributed by atoms with van der Waals surface area (Å²) in [5, 5.41) is 5.97. The zero-order chi connectivity index (χ0) is 22.2. The Balaban J connectivity index is 1.63. The summed E-state index contributed by atoms with van der Waals surface area (Å²) < 4.78 is 5.37. The standard InChI is InChI=1S/C25H19N3O4/c1-32-19-15-9-8-14-18(19)27-24(30)20-21(23(29)16-10-4-2-5-11-16)26-28(22(20)25(27)31)17-12-6-3-7-13-17/h2-15,20,22H,1H3/t20-,22+/m0/s1. The molecule has 0 radical (unpaired) electrons. The van der Waals surface area contributed by atoms with Crippen LogP contribution in [0.5, 0.6) is 5.75 Å². The van der Waals surface area contributed by atoms with Crippen molar-refractivity contribution < 1.29 is 19.1 Å². The molecule has 0 aromatic heterocycles. The number of Topliss-reactive ketones (excluding diaryl/α,β-unsaturated/α-hetero) is 1. The van der Waals surface area contributed by atoms with Gasteiger partial charge in [0.05, 0.1) is 18.5 Å². The summed E-state index contributed by atoms with van der Waals surface area (Å²) in [6, 6.07) is 23.6. The number of ketones is 1. The maximum Gasteiger partial charge on any atom is 0.260 e. The molecule has 2 amide bonds. The number of ether oxygens (including phenoxy) is 1. The van der Waals surface area contributed by atoms with E-state index in [0.29, 0.717) is 22.7 Å². The highest BCUT2D eigenvalue weighted by molar-refractivity contribution is 6.53. The van der Waals surface area contributed by atoms with Crippen LogP contribution in [0.1, 0.15) is 10.4 Å². The van der Waals surface area contributed by atoms with Crippen molar-refractivity contribution in [2.45, 2.75) is 6.04 Å². The van der Waals surface area contributed by atoms with Crippen molar-refractivity contribution in [2.24, 2.45) is 11.0 Å². The summed E-state index contributed by atoms with van der Waals surface area (Å²) in [4.78, 5) is 41.6. The molecule has 3 aromatic carbocycles. The van der Waals surface area contributed by atoms with Crippen LogP contribution in [0.2, 0.25) is 0 Å². The van der Waals surface area contributed by atoms with Gasteiger partial charge in [0.1, 0.15) is 23.4 Å².